The van der Waals surface area contributed by atoms with Crippen molar-refractivity contribution in [3.63, 3.8) is 0 Å². The summed E-state index contributed by atoms with van der Waals surface area (Å²) in [5, 5.41) is 0. The molecule has 2 N–H and O–H groups in total. The first-order valence-corrected chi connectivity index (χ1v) is 8.30. The SMILES string of the molecule is Cc1ccc2c(c1)CC(COCC1CCCCC1CN)O2. The standard InChI is InChI=1S/C18H27NO2/c1-13-6-7-18-16(8-13)9-17(21-18)12-20-11-15-5-3-2-4-14(15)10-19/h6-8,14-15,17H,2-5,9-12,19H2,1H3. The van der Waals surface area contributed by atoms with E-state index in [4.69, 9.17) is 15.2 Å². The van der Waals surface area contributed by atoms with E-state index in [0.29, 0.717) is 18.4 Å². The zero-order chi connectivity index (χ0) is 14.7. The van der Waals surface area contributed by atoms with Gasteiger partial charge in [0.2, 0.25) is 0 Å². The van der Waals surface area contributed by atoms with Crippen LogP contribution >= 0.6 is 0 Å². The Hall–Kier alpha value is -1.06. The summed E-state index contributed by atoms with van der Waals surface area (Å²) < 4.78 is 11.9. The highest BCUT2D eigenvalue weighted by Crippen LogP contribution is 2.31. The van der Waals surface area contributed by atoms with Gasteiger partial charge in [-0.15, -0.1) is 0 Å². The first-order chi connectivity index (χ1) is 10.3. The second kappa shape index (κ2) is 6.80. The Kier molecular flexibility index (Phi) is 4.81. The topological polar surface area (TPSA) is 44.5 Å². The number of rotatable bonds is 5. The number of fused-ring (bicyclic) bond motifs is 1. The number of aryl methyl sites for hydroxylation is 1. The molecule has 1 fully saturated rings. The van der Waals surface area contributed by atoms with Crippen molar-refractivity contribution >= 4 is 0 Å². The predicted octanol–water partition coefficient (Wildman–Crippen LogP) is 3.08. The zero-order valence-electron chi connectivity index (χ0n) is 13.0. The van der Waals surface area contributed by atoms with E-state index in [1.54, 1.807) is 0 Å². The summed E-state index contributed by atoms with van der Waals surface area (Å²) in [6.07, 6.45) is 6.36. The van der Waals surface area contributed by atoms with Gasteiger partial charge in [-0.25, -0.2) is 0 Å². The lowest BCUT2D eigenvalue weighted by Crippen LogP contribution is -2.31. The Morgan fingerprint density at radius 3 is 2.81 bits per heavy atom. The molecule has 1 saturated carbocycles. The van der Waals surface area contributed by atoms with Crippen LogP contribution in [0.4, 0.5) is 0 Å². The second-order valence-corrected chi connectivity index (χ2v) is 6.63. The molecule has 0 spiro atoms. The van der Waals surface area contributed by atoms with Crippen LogP contribution in [-0.4, -0.2) is 25.9 Å². The monoisotopic (exact) mass is 289 g/mol. The first kappa shape index (κ1) is 14.9. The molecule has 1 aliphatic heterocycles. The number of nitrogens with two attached hydrogens (primary N) is 1. The molecule has 3 nitrogen and oxygen atoms in total. The molecule has 0 saturated heterocycles. The Balaban J connectivity index is 1.44. The van der Waals surface area contributed by atoms with E-state index in [-0.39, 0.29) is 6.10 Å². The van der Waals surface area contributed by atoms with Gasteiger partial charge in [0.05, 0.1) is 6.61 Å². The normalized spacial score (nSPS) is 28.2. The van der Waals surface area contributed by atoms with Gasteiger partial charge >= 0.3 is 0 Å². The van der Waals surface area contributed by atoms with Crippen molar-refractivity contribution in [3.05, 3.63) is 29.3 Å². The van der Waals surface area contributed by atoms with Gasteiger partial charge in [-0.1, -0.05) is 30.5 Å². The fraction of sp³-hybridized carbons (Fsp3) is 0.667. The molecule has 3 unspecified atom stereocenters. The van der Waals surface area contributed by atoms with Gasteiger partial charge in [-0.2, -0.15) is 0 Å². The van der Waals surface area contributed by atoms with Crippen LogP contribution in [0, 0.1) is 18.8 Å². The Bertz CT molecular complexity index is 474. The highest BCUT2D eigenvalue weighted by molar-refractivity contribution is 5.40. The molecule has 0 radical (unpaired) electrons. The van der Waals surface area contributed by atoms with Gasteiger partial charge in [0.15, 0.2) is 0 Å². The van der Waals surface area contributed by atoms with E-state index >= 15 is 0 Å². The molecular formula is C18H27NO2. The molecule has 3 atom stereocenters. The summed E-state index contributed by atoms with van der Waals surface area (Å²) in [5.74, 6) is 2.34. The molecule has 0 amide bonds. The molecule has 3 heteroatoms. The quantitative estimate of drug-likeness (QED) is 0.906. The molecule has 0 bridgehead atoms. The van der Waals surface area contributed by atoms with Gasteiger partial charge in [0, 0.05) is 13.0 Å². The minimum Gasteiger partial charge on any atom is -0.487 e. The minimum absolute atomic E-state index is 0.182. The molecule has 1 aliphatic carbocycles. The minimum atomic E-state index is 0.182. The summed E-state index contributed by atoms with van der Waals surface area (Å²) in [4.78, 5) is 0. The van der Waals surface area contributed by atoms with E-state index in [1.165, 1.54) is 36.8 Å². The van der Waals surface area contributed by atoms with E-state index in [1.807, 2.05) is 0 Å². The maximum atomic E-state index is 5.97. The summed E-state index contributed by atoms with van der Waals surface area (Å²) in [6.45, 7) is 4.47. The van der Waals surface area contributed by atoms with Crippen molar-refractivity contribution < 1.29 is 9.47 Å². The largest absolute Gasteiger partial charge is 0.487 e. The van der Waals surface area contributed by atoms with Gasteiger partial charge in [0.25, 0.3) is 0 Å². The summed E-state index contributed by atoms with van der Waals surface area (Å²) in [6, 6.07) is 6.41. The van der Waals surface area contributed by atoms with Crippen molar-refractivity contribution in [2.45, 2.75) is 45.1 Å². The molecule has 1 aromatic rings. The Labute approximate surface area is 127 Å². The van der Waals surface area contributed by atoms with Crippen LogP contribution in [0.15, 0.2) is 18.2 Å². The van der Waals surface area contributed by atoms with Crippen LogP contribution < -0.4 is 10.5 Å². The van der Waals surface area contributed by atoms with E-state index < -0.39 is 0 Å². The third-order valence-electron chi connectivity index (χ3n) is 4.96. The lowest BCUT2D eigenvalue weighted by molar-refractivity contribution is 0.0201. The zero-order valence-corrected chi connectivity index (χ0v) is 13.0. The van der Waals surface area contributed by atoms with Gasteiger partial charge in [-0.05, 0) is 49.8 Å². The summed E-state index contributed by atoms with van der Waals surface area (Å²) in [5.41, 5.74) is 8.50. The smallest absolute Gasteiger partial charge is 0.126 e. The number of benzene rings is 1. The average molecular weight is 289 g/mol. The van der Waals surface area contributed by atoms with Crippen molar-refractivity contribution in [1.29, 1.82) is 0 Å². The molecule has 0 aromatic heterocycles. The van der Waals surface area contributed by atoms with Gasteiger partial charge in [-0.3, -0.25) is 0 Å². The summed E-state index contributed by atoms with van der Waals surface area (Å²) in [7, 11) is 0. The molecule has 2 aliphatic rings. The number of hydrogen-bond donors (Lipinski definition) is 1. The number of ether oxygens (including phenoxy) is 2. The van der Waals surface area contributed by atoms with Gasteiger partial charge < -0.3 is 15.2 Å². The molecule has 1 heterocycles. The molecule has 1 aromatic carbocycles. The highest BCUT2D eigenvalue weighted by Gasteiger charge is 2.26. The Morgan fingerprint density at radius 2 is 2.00 bits per heavy atom. The van der Waals surface area contributed by atoms with Crippen LogP contribution in [-0.2, 0) is 11.2 Å². The lowest BCUT2D eigenvalue weighted by Gasteiger charge is -2.30. The van der Waals surface area contributed by atoms with E-state index in [9.17, 15) is 0 Å². The second-order valence-electron chi connectivity index (χ2n) is 6.63. The number of hydrogen-bond acceptors (Lipinski definition) is 3. The maximum Gasteiger partial charge on any atom is 0.126 e. The van der Waals surface area contributed by atoms with Crippen molar-refractivity contribution in [2.24, 2.45) is 17.6 Å². The van der Waals surface area contributed by atoms with E-state index in [0.717, 1.165) is 25.3 Å². The average Bonchev–Trinajstić information content (AvgIpc) is 2.89. The van der Waals surface area contributed by atoms with Crippen molar-refractivity contribution in [2.75, 3.05) is 19.8 Å². The van der Waals surface area contributed by atoms with Crippen LogP contribution in [0.2, 0.25) is 0 Å². The fourth-order valence-corrected chi connectivity index (χ4v) is 3.71. The molecular weight excluding hydrogens is 262 g/mol. The van der Waals surface area contributed by atoms with Gasteiger partial charge in [0.1, 0.15) is 11.9 Å². The van der Waals surface area contributed by atoms with Crippen LogP contribution in [0.1, 0.15) is 36.8 Å². The third kappa shape index (κ3) is 3.58. The van der Waals surface area contributed by atoms with E-state index in [2.05, 4.69) is 25.1 Å². The lowest BCUT2D eigenvalue weighted by atomic mass is 9.80. The fourth-order valence-electron chi connectivity index (χ4n) is 3.71. The van der Waals surface area contributed by atoms with Crippen molar-refractivity contribution in [1.82, 2.24) is 0 Å². The third-order valence-corrected chi connectivity index (χ3v) is 4.96. The molecule has 21 heavy (non-hydrogen) atoms. The highest BCUT2D eigenvalue weighted by atomic mass is 16.5. The summed E-state index contributed by atoms with van der Waals surface area (Å²) >= 11 is 0. The first-order valence-electron chi connectivity index (χ1n) is 8.30. The Morgan fingerprint density at radius 1 is 1.19 bits per heavy atom. The van der Waals surface area contributed by atoms with Crippen LogP contribution in [0.3, 0.4) is 0 Å². The molecule has 116 valence electrons. The van der Waals surface area contributed by atoms with Crippen LogP contribution in [0.5, 0.6) is 5.75 Å². The van der Waals surface area contributed by atoms with Crippen LogP contribution in [0.25, 0.3) is 0 Å². The molecule has 3 rings (SSSR count). The van der Waals surface area contributed by atoms with Crippen molar-refractivity contribution in [3.8, 4) is 5.75 Å². The maximum absolute atomic E-state index is 5.97. The predicted molar refractivity (Wildman–Crippen MR) is 84.6 cm³/mol.